The summed E-state index contributed by atoms with van der Waals surface area (Å²) in [5.41, 5.74) is 4.64. The summed E-state index contributed by atoms with van der Waals surface area (Å²) in [5.74, 6) is 0. The van der Waals surface area contributed by atoms with E-state index in [1.165, 1.54) is 5.56 Å². The van der Waals surface area contributed by atoms with E-state index in [2.05, 4.69) is 11.7 Å². The van der Waals surface area contributed by atoms with Crippen LogP contribution in [0.4, 0.5) is 0 Å². The molecule has 0 amide bonds. The van der Waals surface area contributed by atoms with E-state index < -0.39 is 6.10 Å². The molecule has 0 fully saturated rings. The lowest BCUT2D eigenvalue weighted by atomic mass is 10.00. The van der Waals surface area contributed by atoms with Gasteiger partial charge in [0.2, 0.25) is 0 Å². The molecule has 1 aromatic carbocycles. The minimum atomic E-state index is -0.676. The SMILES string of the molecule is C=C(C)c1cnn(C)c1C(O)c1ccc(C)cc1. The quantitative estimate of drug-likeness (QED) is 0.898. The van der Waals surface area contributed by atoms with E-state index in [1.807, 2.05) is 45.2 Å². The number of hydrogen-bond donors (Lipinski definition) is 1. The number of benzene rings is 1. The highest BCUT2D eigenvalue weighted by Crippen LogP contribution is 2.28. The number of rotatable bonds is 3. The van der Waals surface area contributed by atoms with Crippen molar-refractivity contribution in [3.63, 3.8) is 0 Å². The Morgan fingerprint density at radius 1 is 1.33 bits per heavy atom. The number of aliphatic hydroxyl groups is 1. The lowest BCUT2D eigenvalue weighted by Crippen LogP contribution is -2.08. The molecule has 1 heterocycles. The maximum atomic E-state index is 10.5. The summed E-state index contributed by atoms with van der Waals surface area (Å²) in [4.78, 5) is 0. The van der Waals surface area contributed by atoms with E-state index >= 15 is 0 Å². The number of nitrogens with zero attached hydrogens (tertiary/aromatic N) is 2. The maximum Gasteiger partial charge on any atom is 0.121 e. The molecule has 2 rings (SSSR count). The van der Waals surface area contributed by atoms with E-state index in [9.17, 15) is 5.11 Å². The third-order valence-corrected chi connectivity index (χ3v) is 3.10. The Balaban J connectivity index is 2.45. The van der Waals surface area contributed by atoms with Crippen molar-refractivity contribution in [2.75, 3.05) is 0 Å². The van der Waals surface area contributed by atoms with E-state index in [0.717, 1.165) is 22.4 Å². The molecule has 0 radical (unpaired) electrons. The van der Waals surface area contributed by atoms with Crippen LogP contribution in [0.5, 0.6) is 0 Å². The van der Waals surface area contributed by atoms with E-state index in [-0.39, 0.29) is 0 Å². The predicted molar refractivity (Wildman–Crippen MR) is 73.2 cm³/mol. The third-order valence-electron chi connectivity index (χ3n) is 3.10. The first-order chi connectivity index (χ1) is 8.50. The normalized spacial score (nSPS) is 12.4. The van der Waals surface area contributed by atoms with Crippen molar-refractivity contribution in [1.29, 1.82) is 0 Å². The van der Waals surface area contributed by atoms with Crippen LogP contribution in [0, 0.1) is 6.92 Å². The molecule has 0 bridgehead atoms. The summed E-state index contributed by atoms with van der Waals surface area (Å²) in [7, 11) is 1.83. The fourth-order valence-electron chi connectivity index (χ4n) is 2.01. The topological polar surface area (TPSA) is 38.0 Å². The predicted octanol–water partition coefficient (Wildman–Crippen LogP) is 2.84. The van der Waals surface area contributed by atoms with Crippen LogP contribution >= 0.6 is 0 Å². The molecule has 2 aromatic rings. The average Bonchev–Trinajstić information content (AvgIpc) is 2.71. The molecular formula is C15H18N2O. The van der Waals surface area contributed by atoms with Crippen molar-refractivity contribution in [3.05, 3.63) is 59.4 Å². The van der Waals surface area contributed by atoms with Crippen molar-refractivity contribution in [2.24, 2.45) is 7.05 Å². The highest BCUT2D eigenvalue weighted by Gasteiger charge is 2.19. The van der Waals surface area contributed by atoms with Crippen molar-refractivity contribution in [3.8, 4) is 0 Å². The fraction of sp³-hybridized carbons (Fsp3) is 0.267. The molecule has 0 aliphatic heterocycles. The molecule has 3 nitrogen and oxygen atoms in total. The molecular weight excluding hydrogens is 224 g/mol. The van der Waals surface area contributed by atoms with Crippen LogP contribution in [0.3, 0.4) is 0 Å². The van der Waals surface area contributed by atoms with Gasteiger partial charge in [0.25, 0.3) is 0 Å². The third kappa shape index (κ3) is 2.22. The number of allylic oxidation sites excluding steroid dienone is 1. The zero-order valence-corrected chi connectivity index (χ0v) is 11.0. The van der Waals surface area contributed by atoms with Crippen molar-refractivity contribution < 1.29 is 5.11 Å². The Morgan fingerprint density at radius 3 is 2.50 bits per heavy atom. The maximum absolute atomic E-state index is 10.5. The summed E-state index contributed by atoms with van der Waals surface area (Å²) < 4.78 is 1.70. The molecule has 0 aliphatic carbocycles. The largest absolute Gasteiger partial charge is 0.382 e. The Labute approximate surface area is 107 Å². The molecule has 0 saturated carbocycles. The first kappa shape index (κ1) is 12.6. The number of aliphatic hydroxyl groups excluding tert-OH is 1. The van der Waals surface area contributed by atoms with Gasteiger partial charge in [-0.1, -0.05) is 36.4 Å². The Hall–Kier alpha value is -1.87. The van der Waals surface area contributed by atoms with Crippen LogP contribution in [0.2, 0.25) is 0 Å². The molecule has 1 atom stereocenters. The first-order valence-corrected chi connectivity index (χ1v) is 5.93. The molecule has 1 aromatic heterocycles. The summed E-state index contributed by atoms with van der Waals surface area (Å²) in [6, 6.07) is 7.87. The molecule has 3 heteroatoms. The van der Waals surface area contributed by atoms with Crippen LogP contribution < -0.4 is 0 Å². The Bertz CT molecular complexity index is 567. The molecule has 1 unspecified atom stereocenters. The zero-order valence-electron chi connectivity index (χ0n) is 11.0. The zero-order chi connectivity index (χ0) is 13.3. The minimum Gasteiger partial charge on any atom is -0.382 e. The van der Waals surface area contributed by atoms with Gasteiger partial charge in [-0.3, -0.25) is 4.68 Å². The van der Waals surface area contributed by atoms with E-state index in [1.54, 1.807) is 10.9 Å². The second kappa shape index (κ2) is 4.78. The lowest BCUT2D eigenvalue weighted by Gasteiger charge is -2.14. The summed E-state index contributed by atoms with van der Waals surface area (Å²) >= 11 is 0. The highest BCUT2D eigenvalue weighted by molar-refractivity contribution is 5.63. The molecule has 0 saturated heterocycles. The number of hydrogen-bond acceptors (Lipinski definition) is 2. The average molecular weight is 242 g/mol. The fourth-order valence-corrected chi connectivity index (χ4v) is 2.01. The van der Waals surface area contributed by atoms with Crippen molar-refractivity contribution in [2.45, 2.75) is 20.0 Å². The highest BCUT2D eigenvalue weighted by atomic mass is 16.3. The number of aryl methyl sites for hydroxylation is 2. The van der Waals surface area contributed by atoms with E-state index in [0.29, 0.717) is 0 Å². The molecule has 1 N–H and O–H groups in total. The Kier molecular flexibility index (Phi) is 3.34. The summed E-state index contributed by atoms with van der Waals surface area (Å²) in [6.07, 6.45) is 1.07. The van der Waals surface area contributed by atoms with Gasteiger partial charge in [0.1, 0.15) is 6.10 Å². The van der Waals surface area contributed by atoms with Gasteiger partial charge in [-0.25, -0.2) is 0 Å². The summed E-state index contributed by atoms with van der Waals surface area (Å²) in [6.45, 7) is 7.87. The van der Waals surface area contributed by atoms with Crippen LogP contribution in [0.1, 0.15) is 35.4 Å². The van der Waals surface area contributed by atoms with Crippen LogP contribution in [0.25, 0.3) is 5.57 Å². The molecule has 0 spiro atoms. The minimum absolute atomic E-state index is 0.676. The summed E-state index contributed by atoms with van der Waals surface area (Å²) in [5, 5.41) is 14.7. The monoisotopic (exact) mass is 242 g/mol. The van der Waals surface area contributed by atoms with Gasteiger partial charge in [-0.2, -0.15) is 5.10 Å². The van der Waals surface area contributed by atoms with Gasteiger partial charge < -0.3 is 5.11 Å². The van der Waals surface area contributed by atoms with Gasteiger partial charge in [0, 0.05) is 12.6 Å². The second-order valence-electron chi connectivity index (χ2n) is 4.66. The first-order valence-electron chi connectivity index (χ1n) is 5.93. The smallest absolute Gasteiger partial charge is 0.121 e. The van der Waals surface area contributed by atoms with E-state index in [4.69, 9.17) is 0 Å². The molecule has 94 valence electrons. The van der Waals surface area contributed by atoms with Crippen LogP contribution in [-0.4, -0.2) is 14.9 Å². The van der Waals surface area contributed by atoms with Crippen LogP contribution in [0.15, 0.2) is 37.0 Å². The molecule has 18 heavy (non-hydrogen) atoms. The van der Waals surface area contributed by atoms with Crippen molar-refractivity contribution >= 4 is 5.57 Å². The number of aromatic nitrogens is 2. The van der Waals surface area contributed by atoms with Crippen LogP contribution in [-0.2, 0) is 7.05 Å². The standard InChI is InChI=1S/C15H18N2O/c1-10(2)13-9-16-17(4)14(13)15(18)12-7-5-11(3)6-8-12/h5-9,15,18H,1H2,2-4H3. The Morgan fingerprint density at radius 2 is 1.94 bits per heavy atom. The van der Waals surface area contributed by atoms with Gasteiger partial charge in [0.15, 0.2) is 0 Å². The van der Waals surface area contributed by atoms with Gasteiger partial charge >= 0.3 is 0 Å². The van der Waals surface area contributed by atoms with Gasteiger partial charge in [-0.05, 0) is 25.0 Å². The molecule has 0 aliphatic rings. The van der Waals surface area contributed by atoms with Crippen molar-refractivity contribution in [1.82, 2.24) is 9.78 Å². The van der Waals surface area contributed by atoms with Gasteiger partial charge in [-0.15, -0.1) is 0 Å². The van der Waals surface area contributed by atoms with Gasteiger partial charge in [0.05, 0.1) is 11.9 Å². The second-order valence-corrected chi connectivity index (χ2v) is 4.66. The lowest BCUT2D eigenvalue weighted by molar-refractivity contribution is 0.209.